The molecule has 0 bridgehead atoms. The molecule has 0 heterocycles. The number of halogens is 1. The van der Waals surface area contributed by atoms with Gasteiger partial charge in [-0.3, -0.25) is 0 Å². The topological polar surface area (TPSA) is 70.6 Å². The van der Waals surface area contributed by atoms with Crippen LogP contribution in [-0.4, -0.2) is 17.1 Å². The van der Waals surface area contributed by atoms with Gasteiger partial charge in [0.15, 0.2) is 5.84 Å². The molecule has 1 aliphatic carbocycles. The van der Waals surface area contributed by atoms with Crippen LogP contribution in [0, 0.1) is 5.82 Å². The molecule has 1 aliphatic rings. The van der Waals surface area contributed by atoms with Gasteiger partial charge in [-0.1, -0.05) is 29.4 Å². The highest BCUT2D eigenvalue weighted by Crippen LogP contribution is 2.15. The quantitative estimate of drug-likeness (QED) is 0.250. The molecule has 2 rings (SSSR count). The van der Waals surface area contributed by atoms with Crippen molar-refractivity contribution in [2.45, 2.75) is 25.4 Å². The minimum absolute atomic E-state index is 0.126. The third-order valence-electron chi connectivity index (χ3n) is 3.05. The Bertz CT molecular complexity index is 477. The normalized spacial score (nSPS) is 16.4. The average Bonchev–Trinajstić information content (AvgIpc) is 2.90. The van der Waals surface area contributed by atoms with Crippen molar-refractivity contribution in [3.05, 3.63) is 47.3 Å². The second kappa shape index (κ2) is 5.64. The van der Waals surface area contributed by atoms with Crippen LogP contribution in [0.4, 0.5) is 4.39 Å². The molecule has 0 aliphatic heterocycles. The Kier molecular flexibility index (Phi) is 3.94. The molecule has 0 spiro atoms. The van der Waals surface area contributed by atoms with Crippen LogP contribution < -0.4 is 11.1 Å². The van der Waals surface area contributed by atoms with Gasteiger partial charge in [-0.15, -0.1) is 0 Å². The molecule has 0 saturated carbocycles. The first-order valence-corrected chi connectivity index (χ1v) is 5.86. The molecular weight excluding hydrogens is 233 g/mol. The molecule has 0 atom stereocenters. The number of oxime groups is 1. The van der Waals surface area contributed by atoms with E-state index in [0.717, 1.165) is 12.8 Å². The first-order chi connectivity index (χ1) is 8.72. The van der Waals surface area contributed by atoms with E-state index < -0.39 is 5.82 Å². The summed E-state index contributed by atoms with van der Waals surface area (Å²) in [5.41, 5.74) is 6.06. The number of benzene rings is 1. The van der Waals surface area contributed by atoms with Crippen molar-refractivity contribution in [3.63, 3.8) is 0 Å². The zero-order valence-electron chi connectivity index (χ0n) is 9.94. The Morgan fingerprint density at radius 3 is 2.83 bits per heavy atom. The maximum Gasteiger partial charge on any atom is 0.173 e. The average molecular weight is 249 g/mol. The van der Waals surface area contributed by atoms with E-state index in [9.17, 15) is 4.39 Å². The molecule has 0 unspecified atom stereocenters. The Labute approximate surface area is 105 Å². The van der Waals surface area contributed by atoms with Crippen LogP contribution in [0.3, 0.4) is 0 Å². The highest BCUT2D eigenvalue weighted by molar-refractivity contribution is 5.97. The van der Waals surface area contributed by atoms with Gasteiger partial charge in [0.05, 0.1) is 5.56 Å². The number of nitrogens with two attached hydrogens (primary N) is 1. The molecule has 1 aromatic rings. The Hall–Kier alpha value is -1.88. The number of nitrogens with one attached hydrogen (secondary N) is 1. The number of amidine groups is 1. The zero-order valence-corrected chi connectivity index (χ0v) is 9.94. The minimum Gasteiger partial charge on any atom is -0.409 e. The molecule has 0 amide bonds. The van der Waals surface area contributed by atoms with Crippen molar-refractivity contribution in [1.29, 1.82) is 0 Å². The summed E-state index contributed by atoms with van der Waals surface area (Å²) in [4.78, 5) is 0. The van der Waals surface area contributed by atoms with Crippen LogP contribution >= 0.6 is 0 Å². The minimum atomic E-state index is -0.439. The van der Waals surface area contributed by atoms with E-state index in [0.29, 0.717) is 18.2 Å². The fourth-order valence-electron chi connectivity index (χ4n) is 2.01. The highest BCUT2D eigenvalue weighted by atomic mass is 19.1. The maximum absolute atomic E-state index is 14.1. The summed E-state index contributed by atoms with van der Waals surface area (Å²) in [6, 6.07) is 5.25. The molecule has 1 aromatic carbocycles. The van der Waals surface area contributed by atoms with Gasteiger partial charge in [-0.05, 0) is 18.9 Å². The molecule has 5 heteroatoms. The van der Waals surface area contributed by atoms with Crippen LogP contribution in [0.25, 0.3) is 0 Å². The first kappa shape index (κ1) is 12.6. The summed E-state index contributed by atoms with van der Waals surface area (Å²) in [5.74, 6) is -0.650. The predicted octanol–water partition coefficient (Wildman–Crippen LogP) is 1.73. The van der Waals surface area contributed by atoms with Gasteiger partial charge < -0.3 is 16.3 Å². The van der Waals surface area contributed by atoms with Gasteiger partial charge in [-0.2, -0.15) is 0 Å². The van der Waals surface area contributed by atoms with Crippen LogP contribution in [-0.2, 0) is 6.54 Å². The summed E-state index contributed by atoms with van der Waals surface area (Å²) < 4.78 is 14.1. The standard InChI is InChI=1S/C13H16FN3O/c14-12-9(8-16-10-5-1-2-6-10)4-3-7-11(12)13(15)17-18/h1-4,7,10,16,18H,5-6,8H2,(H2,15,17). The van der Waals surface area contributed by atoms with E-state index in [4.69, 9.17) is 10.9 Å². The smallest absolute Gasteiger partial charge is 0.173 e. The lowest BCUT2D eigenvalue weighted by Crippen LogP contribution is -2.26. The molecule has 0 fully saturated rings. The number of rotatable bonds is 4. The van der Waals surface area contributed by atoms with E-state index in [1.807, 2.05) is 0 Å². The van der Waals surface area contributed by atoms with Gasteiger partial charge in [0.1, 0.15) is 5.82 Å². The van der Waals surface area contributed by atoms with Crippen molar-refractivity contribution in [2.75, 3.05) is 0 Å². The summed E-state index contributed by atoms with van der Waals surface area (Å²) in [5, 5.41) is 14.7. The Balaban J connectivity index is 2.08. The van der Waals surface area contributed by atoms with Crippen LogP contribution in [0.2, 0.25) is 0 Å². The fraction of sp³-hybridized carbons (Fsp3) is 0.308. The van der Waals surface area contributed by atoms with Crippen molar-refractivity contribution < 1.29 is 9.60 Å². The lowest BCUT2D eigenvalue weighted by molar-refractivity contribution is 0.318. The largest absolute Gasteiger partial charge is 0.409 e. The van der Waals surface area contributed by atoms with E-state index >= 15 is 0 Å². The zero-order chi connectivity index (χ0) is 13.0. The van der Waals surface area contributed by atoms with Crippen molar-refractivity contribution in [2.24, 2.45) is 10.9 Å². The fourth-order valence-corrected chi connectivity index (χ4v) is 2.01. The van der Waals surface area contributed by atoms with E-state index in [-0.39, 0.29) is 11.4 Å². The lowest BCUT2D eigenvalue weighted by atomic mass is 10.1. The second-order valence-corrected chi connectivity index (χ2v) is 4.28. The molecule has 0 aromatic heterocycles. The summed E-state index contributed by atoms with van der Waals surface area (Å²) in [7, 11) is 0. The molecular formula is C13H16FN3O. The molecule has 96 valence electrons. The molecule has 4 N–H and O–H groups in total. The first-order valence-electron chi connectivity index (χ1n) is 5.86. The Morgan fingerprint density at radius 1 is 1.44 bits per heavy atom. The molecule has 0 saturated heterocycles. The summed E-state index contributed by atoms with van der Waals surface area (Å²) in [6.45, 7) is 0.435. The SMILES string of the molecule is N/C(=N/O)c1cccc(CNC2CC=CC2)c1F. The Morgan fingerprint density at radius 2 is 2.17 bits per heavy atom. The third-order valence-corrected chi connectivity index (χ3v) is 3.05. The van der Waals surface area contributed by atoms with Gasteiger partial charge in [0, 0.05) is 18.2 Å². The van der Waals surface area contributed by atoms with Crippen LogP contribution in [0.15, 0.2) is 35.5 Å². The predicted molar refractivity (Wildman–Crippen MR) is 67.9 cm³/mol. The van der Waals surface area contributed by atoms with E-state index in [2.05, 4.69) is 22.6 Å². The van der Waals surface area contributed by atoms with Gasteiger partial charge >= 0.3 is 0 Å². The number of hydrogen-bond donors (Lipinski definition) is 3. The van der Waals surface area contributed by atoms with Crippen molar-refractivity contribution >= 4 is 5.84 Å². The van der Waals surface area contributed by atoms with Crippen molar-refractivity contribution in [1.82, 2.24) is 5.32 Å². The summed E-state index contributed by atoms with van der Waals surface area (Å²) >= 11 is 0. The van der Waals surface area contributed by atoms with Crippen LogP contribution in [0.5, 0.6) is 0 Å². The lowest BCUT2D eigenvalue weighted by Gasteiger charge is -2.13. The van der Waals surface area contributed by atoms with Crippen LogP contribution in [0.1, 0.15) is 24.0 Å². The van der Waals surface area contributed by atoms with Gasteiger partial charge in [0.25, 0.3) is 0 Å². The van der Waals surface area contributed by atoms with Crippen molar-refractivity contribution in [3.8, 4) is 0 Å². The van der Waals surface area contributed by atoms with Gasteiger partial charge in [0.2, 0.25) is 0 Å². The molecule has 18 heavy (non-hydrogen) atoms. The second-order valence-electron chi connectivity index (χ2n) is 4.28. The molecule has 0 radical (unpaired) electrons. The van der Waals surface area contributed by atoms with Gasteiger partial charge in [-0.25, -0.2) is 4.39 Å². The maximum atomic E-state index is 14.1. The highest BCUT2D eigenvalue weighted by Gasteiger charge is 2.14. The molecule has 4 nitrogen and oxygen atoms in total. The third kappa shape index (κ3) is 2.68. The van der Waals surface area contributed by atoms with E-state index in [1.165, 1.54) is 6.07 Å². The number of nitrogens with zero attached hydrogens (tertiary/aromatic N) is 1. The number of hydrogen-bond acceptors (Lipinski definition) is 3. The van der Waals surface area contributed by atoms with E-state index in [1.54, 1.807) is 12.1 Å². The summed E-state index contributed by atoms with van der Waals surface area (Å²) in [6.07, 6.45) is 6.17. The monoisotopic (exact) mass is 249 g/mol.